The van der Waals surface area contributed by atoms with Crippen molar-refractivity contribution in [3.63, 3.8) is 0 Å². The highest BCUT2D eigenvalue weighted by Gasteiger charge is 2.41. The van der Waals surface area contributed by atoms with Gasteiger partial charge in [0.15, 0.2) is 0 Å². The number of hydrogen-bond donors (Lipinski definition) is 2. The van der Waals surface area contributed by atoms with E-state index in [1.807, 2.05) is 24.3 Å². The summed E-state index contributed by atoms with van der Waals surface area (Å²) in [4.78, 5) is 27.1. The van der Waals surface area contributed by atoms with Crippen molar-refractivity contribution in [2.45, 2.75) is 18.5 Å². The molecule has 2 aliphatic rings. The monoisotopic (exact) mass is 365 g/mol. The molecule has 3 aromatic rings. The summed E-state index contributed by atoms with van der Waals surface area (Å²) in [5.41, 5.74) is 3.89. The van der Waals surface area contributed by atoms with Gasteiger partial charge in [0.25, 0.3) is 5.91 Å². The quantitative estimate of drug-likeness (QED) is 0.726. The average molecular weight is 365 g/mol. The lowest BCUT2D eigenvalue weighted by molar-refractivity contribution is -0.117. The number of carbonyl (C=O) groups is 2. The predicted molar refractivity (Wildman–Crippen MR) is 99.5 cm³/mol. The fourth-order valence-electron chi connectivity index (χ4n) is 3.69. The minimum atomic E-state index is -0.250. The minimum Gasteiger partial charge on any atom is -0.356 e. The summed E-state index contributed by atoms with van der Waals surface area (Å²) in [7, 11) is 0. The fourth-order valence-corrected chi connectivity index (χ4v) is 4.21. The van der Waals surface area contributed by atoms with Gasteiger partial charge in [0, 0.05) is 18.2 Å². The molecule has 2 amide bonds. The van der Waals surface area contributed by atoms with Crippen molar-refractivity contribution in [3.8, 4) is 0 Å². The zero-order valence-electron chi connectivity index (χ0n) is 13.7. The van der Waals surface area contributed by atoms with E-state index in [1.165, 1.54) is 0 Å². The third-order valence-electron chi connectivity index (χ3n) is 4.93. The number of aromatic nitrogens is 2. The third kappa shape index (κ3) is 2.41. The van der Waals surface area contributed by atoms with Crippen molar-refractivity contribution in [2.24, 2.45) is 0 Å². The number of amides is 2. The van der Waals surface area contributed by atoms with Crippen LogP contribution >= 0.6 is 11.7 Å². The number of hydrogen-bond acceptors (Lipinski definition) is 6. The van der Waals surface area contributed by atoms with Crippen LogP contribution in [0.15, 0.2) is 42.5 Å². The van der Waals surface area contributed by atoms with E-state index in [-0.39, 0.29) is 23.9 Å². The number of carbonyl (C=O) groups excluding carboxylic acids is 2. The first-order valence-corrected chi connectivity index (χ1v) is 9.12. The van der Waals surface area contributed by atoms with E-state index in [9.17, 15) is 9.59 Å². The second kappa shape index (κ2) is 5.77. The second-order valence-corrected chi connectivity index (χ2v) is 7.08. The van der Waals surface area contributed by atoms with Crippen molar-refractivity contribution in [3.05, 3.63) is 48.0 Å². The standard InChI is InChI=1S/C18H15N5O2S/c24-17(10-5-6-12-14(7-10)22-26-21-12)19-11-8-16-18(25)20-13-3-1-2-4-15(13)23(16)9-11/h1-7,11,16H,8-9H2,(H,19,24)(H,20,25). The summed E-state index contributed by atoms with van der Waals surface area (Å²) < 4.78 is 8.33. The summed E-state index contributed by atoms with van der Waals surface area (Å²) in [6, 6.07) is 12.7. The highest BCUT2D eigenvalue weighted by atomic mass is 32.1. The van der Waals surface area contributed by atoms with E-state index in [1.54, 1.807) is 18.2 Å². The molecule has 130 valence electrons. The van der Waals surface area contributed by atoms with Crippen LogP contribution in [-0.4, -0.2) is 39.2 Å². The number of para-hydroxylation sites is 2. The van der Waals surface area contributed by atoms with E-state index in [4.69, 9.17) is 0 Å². The van der Waals surface area contributed by atoms with E-state index in [2.05, 4.69) is 24.3 Å². The van der Waals surface area contributed by atoms with Gasteiger partial charge in [0.05, 0.1) is 23.1 Å². The third-order valence-corrected chi connectivity index (χ3v) is 5.48. The molecule has 1 saturated heterocycles. The Hall–Kier alpha value is -3.00. The van der Waals surface area contributed by atoms with Gasteiger partial charge in [-0.05, 0) is 36.8 Å². The Morgan fingerprint density at radius 1 is 1.19 bits per heavy atom. The van der Waals surface area contributed by atoms with E-state index in [0.29, 0.717) is 18.5 Å². The zero-order chi connectivity index (χ0) is 17.7. The van der Waals surface area contributed by atoms with Crippen LogP contribution in [0.5, 0.6) is 0 Å². The molecule has 7 nitrogen and oxygen atoms in total. The van der Waals surface area contributed by atoms with E-state index in [0.717, 1.165) is 34.1 Å². The lowest BCUT2D eigenvalue weighted by Crippen LogP contribution is -2.44. The van der Waals surface area contributed by atoms with Gasteiger partial charge in [-0.1, -0.05) is 12.1 Å². The molecule has 1 aromatic heterocycles. The Morgan fingerprint density at radius 2 is 2.04 bits per heavy atom. The van der Waals surface area contributed by atoms with Crippen molar-refractivity contribution in [1.29, 1.82) is 0 Å². The molecular formula is C18H15N5O2S. The van der Waals surface area contributed by atoms with Gasteiger partial charge in [-0.15, -0.1) is 0 Å². The molecule has 2 aliphatic heterocycles. The molecule has 2 atom stereocenters. The molecule has 2 unspecified atom stereocenters. The highest BCUT2D eigenvalue weighted by molar-refractivity contribution is 7.00. The van der Waals surface area contributed by atoms with Crippen LogP contribution in [0.4, 0.5) is 11.4 Å². The molecule has 0 bridgehead atoms. The zero-order valence-corrected chi connectivity index (χ0v) is 14.5. The summed E-state index contributed by atoms with van der Waals surface area (Å²) in [5, 5.41) is 6.00. The van der Waals surface area contributed by atoms with Gasteiger partial charge < -0.3 is 15.5 Å². The Morgan fingerprint density at radius 3 is 2.96 bits per heavy atom. The van der Waals surface area contributed by atoms with Crippen molar-refractivity contribution in [2.75, 3.05) is 16.8 Å². The van der Waals surface area contributed by atoms with Crippen LogP contribution in [0.2, 0.25) is 0 Å². The normalized spacial score (nSPS) is 21.2. The molecule has 2 aromatic carbocycles. The van der Waals surface area contributed by atoms with E-state index >= 15 is 0 Å². The lowest BCUT2D eigenvalue weighted by Gasteiger charge is -2.32. The Kier molecular flexibility index (Phi) is 3.39. The number of nitrogens with one attached hydrogen (secondary N) is 2. The first-order valence-electron chi connectivity index (χ1n) is 8.39. The molecule has 0 spiro atoms. The van der Waals surface area contributed by atoms with Crippen molar-refractivity contribution < 1.29 is 9.59 Å². The highest BCUT2D eigenvalue weighted by Crippen LogP contribution is 2.36. The van der Waals surface area contributed by atoms with Gasteiger partial charge in [0.2, 0.25) is 5.91 Å². The van der Waals surface area contributed by atoms with Crippen molar-refractivity contribution in [1.82, 2.24) is 14.1 Å². The summed E-state index contributed by atoms with van der Waals surface area (Å²) in [5.74, 6) is -0.172. The topological polar surface area (TPSA) is 87.2 Å². The molecule has 0 saturated carbocycles. The summed E-state index contributed by atoms with van der Waals surface area (Å²) >= 11 is 1.13. The van der Waals surface area contributed by atoms with E-state index < -0.39 is 0 Å². The van der Waals surface area contributed by atoms with Crippen LogP contribution < -0.4 is 15.5 Å². The molecule has 1 fully saturated rings. The SMILES string of the molecule is O=C(NC1CC2C(=O)Nc3ccccc3N2C1)c1ccc2nsnc2c1. The van der Waals surface area contributed by atoms with Crippen molar-refractivity contribution >= 4 is 46.0 Å². The van der Waals surface area contributed by atoms with Crippen LogP contribution in [0.3, 0.4) is 0 Å². The molecule has 26 heavy (non-hydrogen) atoms. The van der Waals surface area contributed by atoms with Crippen LogP contribution in [-0.2, 0) is 4.79 Å². The first kappa shape index (κ1) is 15.3. The van der Waals surface area contributed by atoms with Gasteiger partial charge >= 0.3 is 0 Å². The predicted octanol–water partition coefficient (Wildman–Crippen LogP) is 2.02. The van der Waals surface area contributed by atoms with Crippen LogP contribution in [0.25, 0.3) is 11.0 Å². The number of nitrogens with zero attached hydrogens (tertiary/aromatic N) is 3. The average Bonchev–Trinajstić information content (AvgIpc) is 3.28. The first-order chi connectivity index (χ1) is 12.7. The van der Waals surface area contributed by atoms with Gasteiger partial charge in [-0.3, -0.25) is 9.59 Å². The number of anilines is 2. The Labute approximate surface area is 153 Å². The number of rotatable bonds is 2. The molecular weight excluding hydrogens is 350 g/mol. The molecule has 2 N–H and O–H groups in total. The summed E-state index contributed by atoms with van der Waals surface area (Å²) in [6.07, 6.45) is 0.590. The second-order valence-electron chi connectivity index (χ2n) is 6.55. The van der Waals surface area contributed by atoms with Gasteiger partial charge in [-0.25, -0.2) is 0 Å². The minimum absolute atomic E-state index is 0.0181. The Balaban J connectivity index is 1.36. The number of fused-ring (bicyclic) bond motifs is 4. The van der Waals surface area contributed by atoms with Crippen LogP contribution in [0.1, 0.15) is 16.8 Å². The lowest BCUT2D eigenvalue weighted by atomic mass is 10.1. The van der Waals surface area contributed by atoms with Gasteiger partial charge in [0.1, 0.15) is 17.1 Å². The molecule has 5 rings (SSSR count). The molecule has 0 aliphatic carbocycles. The largest absolute Gasteiger partial charge is 0.356 e. The number of benzene rings is 2. The maximum absolute atomic E-state index is 12.6. The summed E-state index contributed by atoms with van der Waals surface area (Å²) in [6.45, 7) is 0.612. The maximum atomic E-state index is 12.6. The van der Waals surface area contributed by atoms with Crippen LogP contribution in [0, 0.1) is 0 Å². The maximum Gasteiger partial charge on any atom is 0.251 e. The smallest absolute Gasteiger partial charge is 0.251 e. The molecule has 0 radical (unpaired) electrons. The fraction of sp³-hybridized carbons (Fsp3) is 0.222. The molecule has 3 heterocycles. The van der Waals surface area contributed by atoms with Gasteiger partial charge in [-0.2, -0.15) is 8.75 Å². The Bertz CT molecular complexity index is 1030. The molecule has 8 heteroatoms.